The molecule has 1 fully saturated rings. The van der Waals surface area contributed by atoms with Crippen molar-refractivity contribution in [2.24, 2.45) is 11.8 Å². The summed E-state index contributed by atoms with van der Waals surface area (Å²) in [5.41, 5.74) is 0. The molecule has 0 aromatic heterocycles. The Morgan fingerprint density at radius 3 is 2.24 bits per heavy atom. The summed E-state index contributed by atoms with van der Waals surface area (Å²) in [7, 11) is 0. The van der Waals surface area contributed by atoms with Crippen LogP contribution < -0.4 is 5.32 Å². The molecule has 0 saturated heterocycles. The molecular weight excluding hydrogens is 307 g/mol. The first-order chi connectivity index (χ1) is 9.75. The number of nitrogens with one attached hydrogen (secondary N) is 1. The van der Waals surface area contributed by atoms with Gasteiger partial charge in [0, 0.05) is 5.75 Å². The quantitative estimate of drug-likeness (QED) is 0.657. The van der Waals surface area contributed by atoms with Crippen LogP contribution in [-0.2, 0) is 9.59 Å². The maximum Gasteiger partial charge on any atom is 0.401 e. The largest absolute Gasteiger partial charge is 0.480 e. The molecule has 0 radical (unpaired) electrons. The number of amides is 1. The van der Waals surface area contributed by atoms with Crippen LogP contribution in [0.25, 0.3) is 0 Å². The second-order valence-corrected chi connectivity index (χ2v) is 5.78. The molecule has 0 spiro atoms. The van der Waals surface area contributed by atoms with E-state index in [4.69, 9.17) is 5.11 Å². The molecule has 0 unspecified atom stereocenters. The Balaban J connectivity index is 2.64. The Kier molecular flexibility index (Phi) is 6.83. The van der Waals surface area contributed by atoms with Gasteiger partial charge in [0.2, 0.25) is 5.91 Å². The summed E-state index contributed by atoms with van der Waals surface area (Å²) in [6.45, 7) is 0. The molecule has 1 amide bonds. The van der Waals surface area contributed by atoms with E-state index in [9.17, 15) is 22.8 Å². The summed E-state index contributed by atoms with van der Waals surface area (Å²) in [5, 5.41) is 11.1. The monoisotopic (exact) mass is 327 g/mol. The van der Waals surface area contributed by atoms with Gasteiger partial charge in [-0.2, -0.15) is 25.8 Å². The minimum Gasteiger partial charge on any atom is -0.480 e. The smallest absolute Gasteiger partial charge is 0.401 e. The lowest BCUT2D eigenvalue weighted by Gasteiger charge is -2.26. The van der Waals surface area contributed by atoms with E-state index in [1.807, 2.05) is 5.32 Å². The first kappa shape index (κ1) is 18.1. The number of carboxylic acid groups (broad SMARTS) is 1. The fraction of sp³-hybridized carbons (Fsp3) is 0.846. The van der Waals surface area contributed by atoms with Crippen molar-refractivity contribution in [2.75, 3.05) is 5.75 Å². The van der Waals surface area contributed by atoms with Crippen molar-refractivity contribution in [1.29, 1.82) is 0 Å². The van der Waals surface area contributed by atoms with Crippen molar-refractivity contribution >= 4 is 24.5 Å². The van der Waals surface area contributed by atoms with Crippen LogP contribution in [0.15, 0.2) is 0 Å². The molecular formula is C13H20F3NO3S. The van der Waals surface area contributed by atoms with E-state index < -0.39 is 35.8 Å². The number of aliphatic carboxylic acids is 1. The molecule has 0 aromatic carbocycles. The first-order valence-electron chi connectivity index (χ1n) is 6.96. The second-order valence-electron chi connectivity index (χ2n) is 5.42. The van der Waals surface area contributed by atoms with Crippen molar-refractivity contribution in [1.82, 2.24) is 5.32 Å². The zero-order valence-electron chi connectivity index (χ0n) is 11.5. The van der Waals surface area contributed by atoms with Gasteiger partial charge in [-0.3, -0.25) is 4.79 Å². The van der Waals surface area contributed by atoms with Crippen LogP contribution >= 0.6 is 12.6 Å². The number of carbonyl (C=O) groups is 2. The highest BCUT2D eigenvalue weighted by molar-refractivity contribution is 7.80. The highest BCUT2D eigenvalue weighted by Gasteiger charge is 2.44. The van der Waals surface area contributed by atoms with Crippen LogP contribution in [0.5, 0.6) is 0 Å². The Morgan fingerprint density at radius 1 is 1.24 bits per heavy atom. The van der Waals surface area contributed by atoms with E-state index >= 15 is 0 Å². The van der Waals surface area contributed by atoms with Crippen molar-refractivity contribution < 1.29 is 27.9 Å². The van der Waals surface area contributed by atoms with Gasteiger partial charge in [-0.05, 0) is 12.3 Å². The lowest BCUT2D eigenvalue weighted by molar-refractivity contribution is -0.179. The average molecular weight is 327 g/mol. The molecule has 0 aliphatic heterocycles. The molecule has 2 atom stereocenters. The van der Waals surface area contributed by atoms with Gasteiger partial charge >= 0.3 is 12.1 Å². The van der Waals surface area contributed by atoms with E-state index in [2.05, 4.69) is 12.6 Å². The van der Waals surface area contributed by atoms with Gasteiger partial charge in [-0.1, -0.05) is 32.1 Å². The van der Waals surface area contributed by atoms with E-state index in [1.54, 1.807) is 0 Å². The van der Waals surface area contributed by atoms with E-state index in [-0.39, 0.29) is 12.3 Å². The zero-order valence-corrected chi connectivity index (χ0v) is 12.4. The van der Waals surface area contributed by atoms with Crippen LogP contribution in [0.1, 0.15) is 38.5 Å². The highest BCUT2D eigenvalue weighted by Crippen LogP contribution is 2.29. The number of halogens is 3. The third-order valence-electron chi connectivity index (χ3n) is 3.80. The maximum atomic E-state index is 12.6. The Labute approximate surface area is 126 Å². The minimum atomic E-state index is -4.72. The Bertz CT molecular complexity index is 370. The summed E-state index contributed by atoms with van der Waals surface area (Å²) in [6, 6.07) is -1.27. The van der Waals surface area contributed by atoms with Crippen LogP contribution in [-0.4, -0.2) is 35.0 Å². The fourth-order valence-corrected chi connectivity index (χ4v) is 2.96. The molecule has 122 valence electrons. The standard InChI is InChI=1S/C13H20F3NO3S/c14-13(15,16)9(7-21)11(18)17-10(12(19)20)6-8-4-2-1-3-5-8/h8-10,21H,1-7H2,(H,17,18)(H,19,20)/t9-,10-/m0/s1. The topological polar surface area (TPSA) is 66.4 Å². The number of carboxylic acids is 1. The fourth-order valence-electron chi connectivity index (χ4n) is 2.59. The van der Waals surface area contributed by atoms with Gasteiger partial charge in [-0.25, -0.2) is 4.79 Å². The molecule has 1 aliphatic rings. The van der Waals surface area contributed by atoms with Gasteiger partial charge in [0.15, 0.2) is 0 Å². The summed E-state index contributed by atoms with van der Waals surface area (Å²) >= 11 is 3.53. The van der Waals surface area contributed by atoms with Crippen molar-refractivity contribution in [3.63, 3.8) is 0 Å². The number of carbonyl (C=O) groups excluding carboxylic acids is 1. The molecule has 8 heteroatoms. The summed E-state index contributed by atoms with van der Waals surface area (Å²) in [4.78, 5) is 22.8. The van der Waals surface area contributed by atoms with Gasteiger partial charge in [0.25, 0.3) is 0 Å². The van der Waals surface area contributed by atoms with Gasteiger partial charge < -0.3 is 10.4 Å². The molecule has 0 heterocycles. The molecule has 1 saturated carbocycles. The molecule has 0 aromatic rings. The summed E-state index contributed by atoms with van der Waals surface area (Å²) in [6.07, 6.45) is 0.248. The normalized spacial score (nSPS) is 19.8. The van der Waals surface area contributed by atoms with Crippen LogP contribution in [0, 0.1) is 11.8 Å². The van der Waals surface area contributed by atoms with E-state index in [0.717, 1.165) is 32.1 Å². The van der Waals surface area contributed by atoms with Crippen LogP contribution in [0.4, 0.5) is 13.2 Å². The predicted molar refractivity (Wildman–Crippen MR) is 74.2 cm³/mol. The summed E-state index contributed by atoms with van der Waals surface area (Å²) < 4.78 is 37.9. The van der Waals surface area contributed by atoms with Crippen LogP contribution in [0.3, 0.4) is 0 Å². The average Bonchev–Trinajstić information content (AvgIpc) is 2.38. The predicted octanol–water partition coefficient (Wildman–Crippen LogP) is 2.63. The highest BCUT2D eigenvalue weighted by atomic mass is 32.1. The molecule has 21 heavy (non-hydrogen) atoms. The van der Waals surface area contributed by atoms with E-state index in [1.165, 1.54) is 0 Å². The zero-order chi connectivity index (χ0) is 16.0. The Hall–Kier alpha value is -0.920. The number of alkyl halides is 3. The molecule has 4 nitrogen and oxygen atoms in total. The van der Waals surface area contributed by atoms with Gasteiger partial charge in [0.05, 0.1) is 0 Å². The van der Waals surface area contributed by atoms with Crippen LogP contribution in [0.2, 0.25) is 0 Å². The lowest BCUT2D eigenvalue weighted by Crippen LogP contribution is -2.48. The van der Waals surface area contributed by atoms with E-state index in [0.29, 0.717) is 0 Å². The molecule has 1 rings (SSSR count). The SMILES string of the molecule is O=C(O)[C@H](CC1CCCCC1)NC(=O)[C@H](CS)C(F)(F)F. The number of hydrogen-bond donors (Lipinski definition) is 3. The van der Waals surface area contributed by atoms with Crippen molar-refractivity contribution in [2.45, 2.75) is 50.7 Å². The molecule has 0 bridgehead atoms. The minimum absolute atomic E-state index is 0.139. The van der Waals surface area contributed by atoms with Crippen molar-refractivity contribution in [3.05, 3.63) is 0 Å². The summed E-state index contributed by atoms with van der Waals surface area (Å²) in [5.74, 6) is -5.46. The van der Waals surface area contributed by atoms with Gasteiger partial charge in [-0.15, -0.1) is 0 Å². The maximum absolute atomic E-state index is 12.6. The number of rotatable bonds is 6. The van der Waals surface area contributed by atoms with Gasteiger partial charge in [0.1, 0.15) is 12.0 Å². The molecule has 2 N–H and O–H groups in total. The lowest BCUT2D eigenvalue weighted by atomic mass is 9.84. The van der Waals surface area contributed by atoms with Crippen molar-refractivity contribution in [3.8, 4) is 0 Å². The third kappa shape index (κ3) is 5.76. The Morgan fingerprint density at radius 2 is 1.81 bits per heavy atom. The number of hydrogen-bond acceptors (Lipinski definition) is 3. The first-order valence-corrected chi connectivity index (χ1v) is 7.59. The number of thiol groups is 1. The third-order valence-corrected chi connectivity index (χ3v) is 4.17. The molecule has 1 aliphatic carbocycles. The second kappa shape index (κ2) is 7.91.